The van der Waals surface area contributed by atoms with Crippen LogP contribution in [-0.2, 0) is 0 Å². The smallest absolute Gasteiger partial charge is 0.366 e. The molecule has 0 spiro atoms. The molecule has 0 amide bonds. The van der Waals surface area contributed by atoms with Crippen molar-refractivity contribution in [3.05, 3.63) is 22.2 Å². The molecule has 0 radical (unpaired) electrons. The molecule has 1 aliphatic rings. The number of anilines is 1. The third-order valence-electron chi connectivity index (χ3n) is 2.38. The fourth-order valence-electron chi connectivity index (χ4n) is 1.58. The van der Waals surface area contributed by atoms with Gasteiger partial charge in [0, 0.05) is 6.07 Å². The summed E-state index contributed by atoms with van der Waals surface area (Å²) in [6.07, 6.45) is 0. The van der Waals surface area contributed by atoms with Gasteiger partial charge in [-0.25, -0.2) is 8.78 Å². The number of rotatable bonds is 3. The standard InChI is InChI=1S/C9H9F2N3O3/c1-17-6-2-3-7(14(15)16)12-8(6)13-4-9(10,11)5-13/h2-3H,4-5H2,1H3. The van der Waals surface area contributed by atoms with Crippen molar-refractivity contribution in [2.24, 2.45) is 0 Å². The van der Waals surface area contributed by atoms with Crippen molar-refractivity contribution >= 4 is 11.6 Å². The molecule has 1 aromatic rings. The Hall–Kier alpha value is -1.99. The average molecular weight is 245 g/mol. The Balaban J connectivity index is 2.31. The Morgan fingerprint density at radius 3 is 2.65 bits per heavy atom. The van der Waals surface area contributed by atoms with Gasteiger partial charge in [0.05, 0.1) is 20.2 Å². The number of halogens is 2. The van der Waals surface area contributed by atoms with Crippen LogP contribution in [0.4, 0.5) is 20.4 Å². The second-order valence-electron chi connectivity index (χ2n) is 3.66. The molecule has 1 saturated heterocycles. The molecule has 2 heterocycles. The highest BCUT2D eigenvalue weighted by Crippen LogP contribution is 2.36. The highest BCUT2D eigenvalue weighted by Gasteiger charge is 2.47. The summed E-state index contributed by atoms with van der Waals surface area (Å²) in [5, 5.41) is 10.5. The number of methoxy groups -OCH3 is 1. The Morgan fingerprint density at radius 1 is 1.53 bits per heavy atom. The van der Waals surface area contributed by atoms with Crippen LogP contribution in [0.25, 0.3) is 0 Å². The molecule has 1 fully saturated rings. The zero-order valence-electron chi connectivity index (χ0n) is 8.89. The van der Waals surface area contributed by atoms with E-state index in [1.807, 2.05) is 0 Å². The van der Waals surface area contributed by atoms with E-state index >= 15 is 0 Å². The molecule has 1 aliphatic heterocycles. The molecule has 0 saturated carbocycles. The van der Waals surface area contributed by atoms with Crippen molar-refractivity contribution in [2.75, 3.05) is 25.1 Å². The topological polar surface area (TPSA) is 68.5 Å². The van der Waals surface area contributed by atoms with Gasteiger partial charge in [0.25, 0.3) is 11.7 Å². The lowest BCUT2D eigenvalue weighted by molar-refractivity contribution is -0.389. The van der Waals surface area contributed by atoms with Gasteiger partial charge < -0.3 is 19.8 Å². The maximum Gasteiger partial charge on any atom is 0.366 e. The largest absolute Gasteiger partial charge is 0.491 e. The number of alkyl halides is 2. The molecule has 2 rings (SSSR count). The summed E-state index contributed by atoms with van der Waals surface area (Å²) in [7, 11) is 1.35. The van der Waals surface area contributed by atoms with E-state index in [9.17, 15) is 18.9 Å². The molecule has 0 aromatic carbocycles. The van der Waals surface area contributed by atoms with Crippen LogP contribution in [0.1, 0.15) is 0 Å². The van der Waals surface area contributed by atoms with E-state index in [1.54, 1.807) is 0 Å². The van der Waals surface area contributed by atoms with Gasteiger partial charge in [0.2, 0.25) is 0 Å². The van der Waals surface area contributed by atoms with Gasteiger partial charge >= 0.3 is 5.82 Å². The molecule has 0 atom stereocenters. The first kappa shape index (κ1) is 11.5. The normalized spacial score (nSPS) is 17.5. The lowest BCUT2D eigenvalue weighted by atomic mass is 10.1. The molecule has 92 valence electrons. The van der Waals surface area contributed by atoms with Crippen LogP contribution in [0.2, 0.25) is 0 Å². The molecule has 0 aliphatic carbocycles. The molecule has 0 bridgehead atoms. The van der Waals surface area contributed by atoms with Crippen molar-refractivity contribution in [1.82, 2.24) is 4.98 Å². The minimum absolute atomic E-state index is 0.0765. The highest BCUT2D eigenvalue weighted by molar-refractivity contribution is 5.57. The molecular weight excluding hydrogens is 236 g/mol. The van der Waals surface area contributed by atoms with Crippen molar-refractivity contribution in [1.29, 1.82) is 0 Å². The van der Waals surface area contributed by atoms with E-state index in [1.165, 1.54) is 24.1 Å². The molecule has 0 N–H and O–H groups in total. The Labute approximate surface area is 95.0 Å². The van der Waals surface area contributed by atoms with Crippen LogP contribution < -0.4 is 9.64 Å². The zero-order chi connectivity index (χ0) is 12.6. The van der Waals surface area contributed by atoms with Crippen LogP contribution in [-0.4, -0.2) is 36.0 Å². The van der Waals surface area contributed by atoms with Gasteiger partial charge in [-0.15, -0.1) is 0 Å². The Kier molecular flexibility index (Phi) is 2.56. The molecular formula is C9H9F2N3O3. The summed E-state index contributed by atoms with van der Waals surface area (Å²) >= 11 is 0. The number of aromatic nitrogens is 1. The van der Waals surface area contributed by atoms with Crippen LogP contribution in [0.3, 0.4) is 0 Å². The summed E-state index contributed by atoms with van der Waals surface area (Å²) in [5.41, 5.74) is 0. The Bertz CT molecular complexity index is 459. The fraction of sp³-hybridized carbons (Fsp3) is 0.444. The van der Waals surface area contributed by atoms with E-state index < -0.39 is 29.8 Å². The molecule has 1 aromatic heterocycles. The number of nitrogens with zero attached hydrogens (tertiary/aromatic N) is 3. The Morgan fingerprint density at radius 2 is 2.18 bits per heavy atom. The fourth-order valence-corrected chi connectivity index (χ4v) is 1.58. The second kappa shape index (κ2) is 3.79. The first-order valence-electron chi connectivity index (χ1n) is 4.75. The number of ether oxygens (including phenoxy) is 1. The van der Waals surface area contributed by atoms with E-state index in [4.69, 9.17) is 4.74 Å². The highest BCUT2D eigenvalue weighted by atomic mass is 19.3. The molecule has 8 heteroatoms. The van der Waals surface area contributed by atoms with Gasteiger partial charge in [-0.1, -0.05) is 0 Å². The van der Waals surface area contributed by atoms with Crippen LogP contribution in [0.5, 0.6) is 5.75 Å². The number of pyridine rings is 1. The summed E-state index contributed by atoms with van der Waals surface area (Å²) in [6.45, 7) is -1.00. The summed E-state index contributed by atoms with van der Waals surface area (Å²) in [5.74, 6) is -2.84. The van der Waals surface area contributed by atoms with Gasteiger partial charge in [-0.3, -0.25) is 0 Å². The van der Waals surface area contributed by atoms with E-state index in [0.29, 0.717) is 0 Å². The van der Waals surface area contributed by atoms with Gasteiger partial charge in [-0.2, -0.15) is 0 Å². The molecule has 6 nitrogen and oxygen atoms in total. The molecule has 17 heavy (non-hydrogen) atoms. The summed E-state index contributed by atoms with van der Waals surface area (Å²) in [4.78, 5) is 14.8. The van der Waals surface area contributed by atoms with E-state index in [2.05, 4.69) is 4.98 Å². The summed E-state index contributed by atoms with van der Waals surface area (Å²) in [6, 6.07) is 2.51. The van der Waals surface area contributed by atoms with Crippen molar-refractivity contribution in [2.45, 2.75) is 5.92 Å². The SMILES string of the molecule is COc1ccc([N+](=O)[O-])nc1N1CC(F)(F)C1. The lowest BCUT2D eigenvalue weighted by Crippen LogP contribution is -2.56. The van der Waals surface area contributed by atoms with E-state index in [0.717, 1.165) is 0 Å². The third kappa shape index (κ3) is 2.10. The maximum atomic E-state index is 12.7. The quantitative estimate of drug-likeness (QED) is 0.595. The second-order valence-corrected chi connectivity index (χ2v) is 3.66. The predicted octanol–water partition coefficient (Wildman–Crippen LogP) is 1.45. The zero-order valence-corrected chi connectivity index (χ0v) is 8.89. The van der Waals surface area contributed by atoms with E-state index in [-0.39, 0.29) is 11.6 Å². The number of hydrogen-bond donors (Lipinski definition) is 0. The van der Waals surface area contributed by atoms with Gasteiger partial charge in [0.1, 0.15) is 0 Å². The van der Waals surface area contributed by atoms with Crippen molar-refractivity contribution in [3.63, 3.8) is 0 Å². The van der Waals surface area contributed by atoms with Crippen molar-refractivity contribution < 1.29 is 18.4 Å². The maximum absolute atomic E-state index is 12.7. The number of hydrogen-bond acceptors (Lipinski definition) is 5. The number of nitro groups is 1. The van der Waals surface area contributed by atoms with Crippen LogP contribution in [0, 0.1) is 10.1 Å². The van der Waals surface area contributed by atoms with Crippen LogP contribution >= 0.6 is 0 Å². The average Bonchev–Trinajstić information content (AvgIpc) is 2.24. The molecule has 0 unspecified atom stereocenters. The lowest BCUT2D eigenvalue weighted by Gasteiger charge is -2.37. The summed E-state index contributed by atoms with van der Waals surface area (Å²) < 4.78 is 30.4. The van der Waals surface area contributed by atoms with Crippen LogP contribution in [0.15, 0.2) is 12.1 Å². The first-order valence-corrected chi connectivity index (χ1v) is 4.75. The van der Waals surface area contributed by atoms with Crippen molar-refractivity contribution in [3.8, 4) is 5.75 Å². The third-order valence-corrected chi connectivity index (χ3v) is 2.38. The minimum Gasteiger partial charge on any atom is -0.491 e. The van der Waals surface area contributed by atoms with Gasteiger partial charge in [-0.05, 0) is 16.0 Å². The monoisotopic (exact) mass is 245 g/mol. The van der Waals surface area contributed by atoms with Gasteiger partial charge in [0.15, 0.2) is 5.75 Å². The predicted molar refractivity (Wildman–Crippen MR) is 54.6 cm³/mol. The minimum atomic E-state index is -2.77. The first-order chi connectivity index (χ1) is 7.93.